The molecule has 0 amide bonds. The van der Waals surface area contributed by atoms with Crippen LogP contribution in [0.5, 0.6) is 17.2 Å². The lowest BCUT2D eigenvalue weighted by Gasteiger charge is -2.26. The Hall–Kier alpha value is -1.93. The molecule has 0 saturated heterocycles. The number of ether oxygens (including phenoxy) is 2. The summed E-state index contributed by atoms with van der Waals surface area (Å²) in [7, 11) is -0.695. The van der Waals surface area contributed by atoms with E-state index in [0.29, 0.717) is 21.6 Å². The summed E-state index contributed by atoms with van der Waals surface area (Å²) < 4.78 is 37.2. The van der Waals surface area contributed by atoms with E-state index in [1.807, 2.05) is 6.92 Å². The summed E-state index contributed by atoms with van der Waals surface area (Å²) in [5.74, 6) is 0.765. The van der Waals surface area contributed by atoms with E-state index in [2.05, 4.69) is 15.9 Å². The number of phenols is 1. The molecule has 1 N–H and O–H groups in total. The molecule has 2 aromatic carbocycles. The molecule has 25 heavy (non-hydrogen) atoms. The van der Waals surface area contributed by atoms with Gasteiger partial charge in [-0.2, -0.15) is 0 Å². The van der Waals surface area contributed by atoms with Crippen LogP contribution in [0.25, 0.3) is 0 Å². The first-order valence-electron chi connectivity index (χ1n) is 7.32. The average molecular weight is 430 g/mol. The number of rotatable bonds is 5. The number of phenolic OH excluding ortho intramolecular Hbond substituents is 1. The van der Waals surface area contributed by atoms with Gasteiger partial charge in [-0.15, -0.1) is 0 Å². The van der Waals surface area contributed by atoms with Crippen molar-refractivity contribution in [3.05, 3.63) is 39.9 Å². The summed E-state index contributed by atoms with van der Waals surface area (Å²) >= 11 is 3.33. The van der Waals surface area contributed by atoms with Gasteiger partial charge in [-0.1, -0.05) is 0 Å². The van der Waals surface area contributed by atoms with Crippen LogP contribution in [0.15, 0.2) is 28.7 Å². The zero-order valence-electron chi connectivity index (χ0n) is 14.6. The molecule has 2 rings (SSSR count). The smallest absolute Gasteiger partial charge is 0.236 e. The van der Waals surface area contributed by atoms with Gasteiger partial charge in [0, 0.05) is 16.6 Å². The molecule has 0 aliphatic heterocycles. The summed E-state index contributed by atoms with van der Waals surface area (Å²) in [6.45, 7) is 3.65. The maximum Gasteiger partial charge on any atom is 0.236 e. The number of anilines is 2. The first-order chi connectivity index (χ1) is 11.6. The number of sulfonamides is 1. The van der Waals surface area contributed by atoms with Crippen molar-refractivity contribution < 1.29 is 23.0 Å². The lowest BCUT2D eigenvalue weighted by molar-refractivity contribution is 0.373. The summed E-state index contributed by atoms with van der Waals surface area (Å²) in [6, 6.07) is 6.41. The Morgan fingerprint density at radius 3 is 2.08 bits per heavy atom. The van der Waals surface area contributed by atoms with E-state index in [9.17, 15) is 13.5 Å². The molecule has 0 atom stereocenters. The molecule has 0 saturated carbocycles. The number of methoxy groups -OCH3 is 2. The minimum atomic E-state index is -3.66. The fourth-order valence-corrected chi connectivity index (χ4v) is 4.24. The number of hydrogen-bond donors (Lipinski definition) is 1. The maximum atomic E-state index is 12.6. The highest BCUT2D eigenvalue weighted by Crippen LogP contribution is 2.43. The maximum absolute atomic E-state index is 12.6. The Bertz CT molecular complexity index is 912. The first-order valence-corrected chi connectivity index (χ1v) is 9.96. The van der Waals surface area contributed by atoms with Crippen molar-refractivity contribution in [2.24, 2.45) is 0 Å². The third-order valence-corrected chi connectivity index (χ3v) is 5.42. The Labute approximate surface area is 156 Å². The van der Waals surface area contributed by atoms with Gasteiger partial charge in [0.15, 0.2) is 11.5 Å². The van der Waals surface area contributed by atoms with Crippen molar-refractivity contribution >= 4 is 37.3 Å². The topological polar surface area (TPSA) is 76.1 Å². The van der Waals surface area contributed by atoms with Crippen molar-refractivity contribution in [2.75, 3.05) is 24.8 Å². The van der Waals surface area contributed by atoms with Crippen LogP contribution in [-0.2, 0) is 10.0 Å². The molecule has 0 aliphatic carbocycles. The summed E-state index contributed by atoms with van der Waals surface area (Å²) in [4.78, 5) is 0. The van der Waals surface area contributed by atoms with Crippen LogP contribution in [0.4, 0.5) is 11.4 Å². The number of halogens is 1. The Morgan fingerprint density at radius 2 is 1.56 bits per heavy atom. The number of nitrogens with zero attached hydrogens (tertiary/aromatic N) is 1. The summed E-state index contributed by atoms with van der Waals surface area (Å²) in [5.41, 5.74) is 2.37. The van der Waals surface area contributed by atoms with E-state index in [0.717, 1.165) is 17.4 Å². The zero-order valence-corrected chi connectivity index (χ0v) is 17.0. The molecular weight excluding hydrogens is 410 g/mol. The Balaban J connectivity index is 2.79. The minimum Gasteiger partial charge on any atom is -0.504 e. The molecular formula is C17H20BrNO5S. The van der Waals surface area contributed by atoms with E-state index in [1.165, 1.54) is 23.5 Å². The number of aromatic hydroxyl groups is 1. The van der Waals surface area contributed by atoms with Gasteiger partial charge in [0.25, 0.3) is 0 Å². The van der Waals surface area contributed by atoms with E-state index < -0.39 is 10.0 Å². The predicted octanol–water partition coefficient (Wildman–Crippen LogP) is 3.89. The number of hydrogen-bond acceptors (Lipinski definition) is 5. The molecule has 0 aromatic heterocycles. The monoisotopic (exact) mass is 429 g/mol. The van der Waals surface area contributed by atoms with Crippen LogP contribution in [0.3, 0.4) is 0 Å². The van der Waals surface area contributed by atoms with Crippen LogP contribution in [0.2, 0.25) is 0 Å². The largest absolute Gasteiger partial charge is 0.504 e. The van der Waals surface area contributed by atoms with Gasteiger partial charge in [0.05, 0.1) is 31.9 Å². The van der Waals surface area contributed by atoms with E-state index >= 15 is 0 Å². The molecule has 0 bridgehead atoms. The molecule has 0 heterocycles. The highest BCUT2D eigenvalue weighted by Gasteiger charge is 2.26. The van der Waals surface area contributed by atoms with Crippen LogP contribution in [-0.4, -0.2) is 34.0 Å². The van der Waals surface area contributed by atoms with Crippen LogP contribution >= 0.6 is 15.9 Å². The molecule has 0 unspecified atom stereocenters. The highest BCUT2D eigenvalue weighted by molar-refractivity contribution is 9.10. The molecule has 136 valence electrons. The molecule has 2 aromatic rings. The second-order valence-electron chi connectivity index (χ2n) is 5.61. The lowest BCUT2D eigenvalue weighted by Crippen LogP contribution is -2.26. The third kappa shape index (κ3) is 3.85. The predicted molar refractivity (Wildman–Crippen MR) is 102 cm³/mol. The van der Waals surface area contributed by atoms with Crippen molar-refractivity contribution in [2.45, 2.75) is 13.8 Å². The fraction of sp³-hybridized carbons (Fsp3) is 0.294. The second kappa shape index (κ2) is 7.13. The normalized spacial score (nSPS) is 11.3. The fourth-order valence-electron chi connectivity index (χ4n) is 2.55. The SMILES string of the molecule is COc1cc(C)c(N(c2cc(OC)c(O)cc2Br)S(C)(=O)=O)cc1C. The van der Waals surface area contributed by atoms with Crippen LogP contribution in [0.1, 0.15) is 11.1 Å². The van der Waals surface area contributed by atoms with Gasteiger partial charge >= 0.3 is 0 Å². The standard InChI is InChI=1S/C17H20BrNO5S/c1-10-7-16(23-3)11(2)6-13(10)19(25(5,21)22)14-9-17(24-4)15(20)8-12(14)18/h6-9,20H,1-5H3. The van der Waals surface area contributed by atoms with Crippen LogP contribution < -0.4 is 13.8 Å². The number of benzene rings is 2. The van der Waals surface area contributed by atoms with Gasteiger partial charge in [-0.25, -0.2) is 12.7 Å². The zero-order chi connectivity index (χ0) is 18.9. The van der Waals surface area contributed by atoms with Crippen molar-refractivity contribution in [3.63, 3.8) is 0 Å². The Kier molecular flexibility index (Phi) is 5.53. The molecule has 6 nitrogen and oxygen atoms in total. The molecule has 0 fully saturated rings. The average Bonchev–Trinajstić information content (AvgIpc) is 2.51. The Morgan fingerprint density at radius 1 is 0.960 bits per heavy atom. The van der Waals surface area contributed by atoms with Crippen molar-refractivity contribution in [1.29, 1.82) is 0 Å². The van der Waals surface area contributed by atoms with Gasteiger partial charge in [0.1, 0.15) is 5.75 Å². The third-order valence-electron chi connectivity index (χ3n) is 3.73. The van der Waals surface area contributed by atoms with Crippen LogP contribution in [0, 0.1) is 13.8 Å². The van der Waals surface area contributed by atoms with Gasteiger partial charge in [0.2, 0.25) is 10.0 Å². The molecule has 0 spiro atoms. The van der Waals surface area contributed by atoms with Crippen molar-refractivity contribution in [3.8, 4) is 17.2 Å². The summed E-state index contributed by atoms with van der Waals surface area (Å²) in [6.07, 6.45) is 1.12. The molecule has 8 heteroatoms. The molecule has 0 radical (unpaired) electrons. The lowest BCUT2D eigenvalue weighted by atomic mass is 10.1. The van der Waals surface area contributed by atoms with E-state index in [1.54, 1.807) is 26.2 Å². The van der Waals surface area contributed by atoms with Gasteiger partial charge in [-0.05, 0) is 53.0 Å². The van der Waals surface area contributed by atoms with E-state index in [-0.39, 0.29) is 11.5 Å². The quantitative estimate of drug-likeness (QED) is 0.779. The minimum absolute atomic E-state index is 0.0887. The highest BCUT2D eigenvalue weighted by atomic mass is 79.9. The summed E-state index contributed by atoms with van der Waals surface area (Å²) in [5, 5.41) is 9.90. The first kappa shape index (κ1) is 19.4. The van der Waals surface area contributed by atoms with Crippen molar-refractivity contribution in [1.82, 2.24) is 0 Å². The van der Waals surface area contributed by atoms with E-state index in [4.69, 9.17) is 9.47 Å². The van der Waals surface area contributed by atoms with Gasteiger partial charge in [-0.3, -0.25) is 0 Å². The van der Waals surface area contributed by atoms with Gasteiger partial charge < -0.3 is 14.6 Å². The number of aryl methyl sites for hydroxylation is 2. The molecule has 0 aliphatic rings. The second-order valence-corrected chi connectivity index (χ2v) is 8.30.